The third-order valence-electron chi connectivity index (χ3n) is 11.1. The molecule has 6 rings (SSSR count). The molecular formula is C36H49F3N5O9P. The van der Waals surface area contributed by atoms with Gasteiger partial charge in [0, 0.05) is 25.4 Å². The summed E-state index contributed by atoms with van der Waals surface area (Å²) in [6, 6.07) is 0.613. The molecule has 5 N–H and O–H groups in total. The van der Waals surface area contributed by atoms with Crippen LogP contribution in [0.3, 0.4) is 0 Å². The number of nitrogens with one attached hydrogen (secondary N) is 3. The fraction of sp³-hybridized carbons (Fsp3) is 0.667. The van der Waals surface area contributed by atoms with Crippen LogP contribution in [0.1, 0.15) is 95.5 Å². The van der Waals surface area contributed by atoms with Crippen molar-refractivity contribution in [3.05, 3.63) is 35.9 Å². The molecule has 14 nitrogen and oxygen atoms in total. The minimum absolute atomic E-state index is 0.0178. The number of alkyl halides is 3. The third-order valence-corrected chi connectivity index (χ3v) is 12.8. The van der Waals surface area contributed by atoms with Crippen LogP contribution in [0, 0.1) is 5.92 Å². The molecular weight excluding hydrogens is 734 g/mol. The summed E-state index contributed by atoms with van der Waals surface area (Å²) in [6.45, 7) is 0.845. The Morgan fingerprint density at radius 3 is 2.31 bits per heavy atom. The topological polar surface area (TPSA) is 187 Å². The van der Waals surface area contributed by atoms with Crippen molar-refractivity contribution in [2.45, 2.75) is 126 Å². The van der Waals surface area contributed by atoms with Gasteiger partial charge in [-0.3, -0.25) is 19.5 Å². The van der Waals surface area contributed by atoms with Crippen molar-refractivity contribution in [3.8, 4) is 0 Å². The maximum atomic E-state index is 14.3. The zero-order chi connectivity index (χ0) is 38.7. The van der Waals surface area contributed by atoms with Gasteiger partial charge in [-0.1, -0.05) is 25.0 Å². The van der Waals surface area contributed by atoms with Gasteiger partial charge in [0.25, 0.3) is 0 Å². The van der Waals surface area contributed by atoms with Crippen LogP contribution >= 0.6 is 7.60 Å². The molecule has 0 unspecified atom stereocenters. The van der Waals surface area contributed by atoms with Crippen LogP contribution in [0.4, 0.5) is 34.1 Å². The Balaban J connectivity index is 1.24. The predicted molar refractivity (Wildman–Crippen MR) is 190 cm³/mol. The quantitative estimate of drug-likeness (QED) is 0.175. The van der Waals surface area contributed by atoms with E-state index in [4.69, 9.17) is 9.47 Å². The summed E-state index contributed by atoms with van der Waals surface area (Å²) in [5, 5.41) is 5.77. The van der Waals surface area contributed by atoms with Crippen LogP contribution in [0.15, 0.2) is 30.4 Å². The standard InChI is InChI=1S/C36H49F3N5O9P/c37-36(38,39)23-15-16-29(43-17-9-4-10-18-43)28(19-23)41-34(48)53-26-20-30-31(45)42-35(54(49,50)51)21-24(35)11-5-2-1-3-6-14-27(32(46)44(30)22-26)40-33(47)52-25-12-7-8-13-25/h5,11,15-16,19,24-27,30H,1-4,6-10,12-14,17-18,20-22H2,(H,40,47)(H,41,48)(H,42,45)(H2,49,50,51)/b11-5-/t24-,26-,27+,30+,35+/m1/s1. The molecule has 54 heavy (non-hydrogen) atoms. The van der Waals surface area contributed by atoms with E-state index in [1.54, 1.807) is 6.08 Å². The normalized spacial score (nSPS) is 29.2. The number of halogens is 3. The number of rotatable bonds is 6. The summed E-state index contributed by atoms with van der Waals surface area (Å²) in [5.74, 6) is -2.18. The Bertz CT molecular complexity index is 1650. The van der Waals surface area contributed by atoms with E-state index in [1.165, 1.54) is 6.07 Å². The Kier molecular flexibility index (Phi) is 12.2. The van der Waals surface area contributed by atoms with Crippen LogP contribution in [0.25, 0.3) is 0 Å². The van der Waals surface area contributed by atoms with Crippen LogP contribution in [0.2, 0.25) is 0 Å². The molecule has 18 heteroatoms. The lowest BCUT2D eigenvalue weighted by Gasteiger charge is -2.31. The van der Waals surface area contributed by atoms with Crippen molar-refractivity contribution in [3.63, 3.8) is 0 Å². The van der Waals surface area contributed by atoms with E-state index < -0.39 is 72.7 Å². The van der Waals surface area contributed by atoms with Gasteiger partial charge in [0.15, 0.2) is 0 Å². The number of piperidine rings is 1. The number of carbonyl (C=O) groups excluding carboxylic acids is 4. The molecule has 4 fully saturated rings. The second-order valence-electron chi connectivity index (χ2n) is 15.0. The highest BCUT2D eigenvalue weighted by Crippen LogP contribution is 2.67. The molecule has 5 aliphatic rings. The molecule has 1 aromatic carbocycles. The van der Waals surface area contributed by atoms with Crippen LogP contribution in [-0.4, -0.2) is 87.9 Å². The molecule has 4 amide bonds. The number of hydrogen-bond donors (Lipinski definition) is 5. The van der Waals surface area contributed by atoms with Crippen LogP contribution in [0.5, 0.6) is 0 Å². The van der Waals surface area contributed by atoms with Gasteiger partial charge in [0.2, 0.25) is 11.8 Å². The number of allylic oxidation sites excluding steroid dienone is 1. The number of alkyl carbamates (subject to hydrolysis) is 1. The van der Waals surface area contributed by atoms with Gasteiger partial charge in [-0.05, 0) is 88.8 Å². The number of fused-ring (bicyclic) bond motifs is 2. The maximum Gasteiger partial charge on any atom is 0.416 e. The molecule has 5 atom stereocenters. The second kappa shape index (κ2) is 16.5. The average Bonchev–Trinajstić information content (AvgIpc) is 3.38. The van der Waals surface area contributed by atoms with E-state index in [1.807, 2.05) is 11.0 Å². The van der Waals surface area contributed by atoms with Crippen LogP contribution < -0.4 is 20.9 Å². The van der Waals surface area contributed by atoms with E-state index in [0.717, 1.165) is 49.1 Å². The monoisotopic (exact) mass is 783 g/mol. The molecule has 0 aromatic heterocycles. The summed E-state index contributed by atoms with van der Waals surface area (Å²) in [6.07, 6.45) is 3.86. The van der Waals surface area contributed by atoms with E-state index >= 15 is 0 Å². The molecule has 2 aliphatic carbocycles. The van der Waals surface area contributed by atoms with Crippen molar-refractivity contribution in [2.75, 3.05) is 29.9 Å². The van der Waals surface area contributed by atoms with E-state index in [0.29, 0.717) is 57.3 Å². The molecule has 3 aliphatic heterocycles. The van der Waals surface area contributed by atoms with E-state index in [9.17, 15) is 46.7 Å². The number of benzene rings is 1. The molecule has 1 aromatic rings. The van der Waals surface area contributed by atoms with Gasteiger partial charge in [0.05, 0.1) is 23.5 Å². The van der Waals surface area contributed by atoms with E-state index in [-0.39, 0.29) is 37.6 Å². The summed E-state index contributed by atoms with van der Waals surface area (Å²) in [4.78, 5) is 78.2. The SMILES string of the molecule is O=C(N[C@H]1CCCCC/C=C\[C@@H]2C[C@@]2(P(=O)(O)O)NC(=O)[C@@H]2C[C@@H](OC(=O)Nc3cc(C(F)(F)F)ccc3N3CCCCC3)CN2C1=O)OC1CCCC1. The Morgan fingerprint density at radius 2 is 1.61 bits per heavy atom. The van der Waals surface area contributed by atoms with Crippen molar-refractivity contribution < 1.29 is 56.2 Å². The summed E-state index contributed by atoms with van der Waals surface area (Å²) in [5.41, 5.74) is -0.688. The van der Waals surface area contributed by atoms with E-state index in [2.05, 4.69) is 16.0 Å². The average molecular weight is 784 g/mol. The number of ether oxygens (including phenoxy) is 2. The number of carbonyl (C=O) groups is 4. The first kappa shape index (κ1) is 39.9. The second-order valence-corrected chi connectivity index (χ2v) is 16.9. The van der Waals surface area contributed by atoms with Crippen LogP contribution in [-0.2, 0) is 29.8 Å². The predicted octanol–water partition coefficient (Wildman–Crippen LogP) is 5.78. The first-order chi connectivity index (χ1) is 25.6. The Labute approximate surface area is 311 Å². The lowest BCUT2D eigenvalue weighted by atomic mass is 10.0. The minimum Gasteiger partial charge on any atom is -0.446 e. The van der Waals surface area contributed by atoms with Gasteiger partial charge in [0.1, 0.15) is 29.6 Å². The minimum atomic E-state index is -4.90. The summed E-state index contributed by atoms with van der Waals surface area (Å²) < 4.78 is 65.1. The number of amides is 4. The van der Waals surface area contributed by atoms with Gasteiger partial charge in [-0.2, -0.15) is 13.2 Å². The highest BCUT2D eigenvalue weighted by molar-refractivity contribution is 7.54. The van der Waals surface area contributed by atoms with Crippen molar-refractivity contribution in [1.29, 1.82) is 0 Å². The lowest BCUT2D eigenvalue weighted by molar-refractivity contribution is -0.140. The molecule has 0 spiro atoms. The molecule has 2 saturated carbocycles. The lowest BCUT2D eigenvalue weighted by Crippen LogP contribution is -2.55. The molecule has 3 heterocycles. The highest BCUT2D eigenvalue weighted by Gasteiger charge is 2.66. The maximum absolute atomic E-state index is 14.3. The third kappa shape index (κ3) is 9.34. The first-order valence-electron chi connectivity index (χ1n) is 18.9. The highest BCUT2D eigenvalue weighted by atomic mass is 31.2. The fourth-order valence-electron chi connectivity index (χ4n) is 8.08. The first-order valence-corrected chi connectivity index (χ1v) is 20.5. The molecule has 0 bridgehead atoms. The van der Waals surface area contributed by atoms with Gasteiger partial charge in [-0.15, -0.1) is 0 Å². The van der Waals surface area contributed by atoms with Crippen molar-refractivity contribution in [1.82, 2.24) is 15.5 Å². The molecule has 298 valence electrons. The number of anilines is 2. The fourth-order valence-corrected chi connectivity index (χ4v) is 9.29. The summed E-state index contributed by atoms with van der Waals surface area (Å²) >= 11 is 0. The van der Waals surface area contributed by atoms with Gasteiger partial charge < -0.3 is 39.7 Å². The van der Waals surface area contributed by atoms with Gasteiger partial charge in [-0.25, -0.2) is 9.59 Å². The Morgan fingerprint density at radius 1 is 0.926 bits per heavy atom. The van der Waals surface area contributed by atoms with Gasteiger partial charge >= 0.3 is 26.0 Å². The number of hydrogen-bond acceptors (Lipinski definition) is 8. The Hall–Kier alpha value is -3.82. The zero-order valence-electron chi connectivity index (χ0n) is 30.0. The summed E-state index contributed by atoms with van der Waals surface area (Å²) in [7, 11) is -4.90. The zero-order valence-corrected chi connectivity index (χ0v) is 30.9. The van der Waals surface area contributed by atoms with Crippen molar-refractivity contribution >= 4 is 43.0 Å². The molecule has 2 saturated heterocycles. The van der Waals surface area contributed by atoms with Crippen molar-refractivity contribution in [2.24, 2.45) is 5.92 Å². The molecule has 0 radical (unpaired) electrons. The largest absolute Gasteiger partial charge is 0.446 e. The smallest absolute Gasteiger partial charge is 0.416 e. The number of nitrogens with zero attached hydrogens (tertiary/aromatic N) is 2.